The number of anilines is 1. The van der Waals surface area contributed by atoms with E-state index in [0.29, 0.717) is 5.02 Å². The number of esters is 1. The highest BCUT2D eigenvalue weighted by atomic mass is 35.5. The fraction of sp³-hybridized carbons (Fsp3) is 0.211. The van der Waals surface area contributed by atoms with Gasteiger partial charge in [-0.15, -0.1) is 0 Å². The third-order valence-electron chi connectivity index (χ3n) is 3.73. The minimum absolute atomic E-state index is 0.0720. The predicted octanol–water partition coefficient (Wildman–Crippen LogP) is 4.31. The topological polar surface area (TPSA) is 84.5 Å². The molecule has 2 aromatic carbocycles. The van der Waals surface area contributed by atoms with Crippen molar-refractivity contribution in [2.45, 2.75) is 19.2 Å². The third-order valence-corrected chi connectivity index (χ3v) is 4.30. The lowest BCUT2D eigenvalue weighted by molar-refractivity contribution is -0.152. The first kappa shape index (κ1) is 23.5. The quantitative estimate of drug-likeness (QED) is 0.626. The lowest BCUT2D eigenvalue weighted by atomic mass is 10.1. The maximum atomic E-state index is 12.5. The van der Waals surface area contributed by atoms with Crippen LogP contribution in [0.1, 0.15) is 22.8 Å². The molecule has 30 heavy (non-hydrogen) atoms. The molecule has 2 amide bonds. The molecule has 0 aromatic heterocycles. The molecule has 0 aliphatic heterocycles. The summed E-state index contributed by atoms with van der Waals surface area (Å²) in [6.45, 7) is 0.721. The van der Waals surface area contributed by atoms with Crippen LogP contribution in [0.5, 0.6) is 0 Å². The number of carbonyl (C=O) groups excluding carboxylic acids is 3. The van der Waals surface area contributed by atoms with Crippen LogP contribution in [-0.4, -0.2) is 30.4 Å². The van der Waals surface area contributed by atoms with Gasteiger partial charge in [-0.3, -0.25) is 14.4 Å². The average Bonchev–Trinajstić information content (AvgIpc) is 2.68. The molecule has 1 atom stereocenters. The first-order chi connectivity index (χ1) is 14.0. The first-order valence-corrected chi connectivity index (χ1v) is 9.14. The molecule has 0 radical (unpaired) electrons. The molecule has 1 unspecified atom stereocenters. The molecule has 0 saturated heterocycles. The van der Waals surface area contributed by atoms with Gasteiger partial charge in [0, 0.05) is 10.6 Å². The first-order valence-electron chi connectivity index (χ1n) is 8.38. The van der Waals surface area contributed by atoms with E-state index in [0.717, 1.165) is 24.3 Å². The van der Waals surface area contributed by atoms with Crippen molar-refractivity contribution in [3.8, 4) is 0 Å². The van der Waals surface area contributed by atoms with Crippen molar-refractivity contribution in [2.75, 3.05) is 11.9 Å². The van der Waals surface area contributed by atoms with Crippen molar-refractivity contribution in [1.82, 2.24) is 5.32 Å². The van der Waals surface area contributed by atoms with Gasteiger partial charge in [0.05, 0.1) is 16.3 Å². The molecule has 2 N–H and O–H groups in total. The molecule has 0 aliphatic carbocycles. The minimum atomic E-state index is -4.52. The van der Waals surface area contributed by atoms with Gasteiger partial charge in [-0.25, -0.2) is 0 Å². The van der Waals surface area contributed by atoms with E-state index < -0.39 is 42.2 Å². The molecule has 0 saturated carbocycles. The summed E-state index contributed by atoms with van der Waals surface area (Å²) < 4.78 is 42.5. The van der Waals surface area contributed by atoms with Gasteiger partial charge in [-0.2, -0.15) is 13.2 Å². The number of benzene rings is 2. The number of hydrogen-bond acceptors (Lipinski definition) is 4. The Balaban J connectivity index is 1.85. The van der Waals surface area contributed by atoms with Crippen molar-refractivity contribution in [3.63, 3.8) is 0 Å². The number of alkyl halides is 3. The summed E-state index contributed by atoms with van der Waals surface area (Å²) in [4.78, 5) is 35.9. The smallest absolute Gasteiger partial charge is 0.416 e. The number of rotatable bonds is 6. The van der Waals surface area contributed by atoms with E-state index >= 15 is 0 Å². The number of amides is 2. The molecule has 11 heteroatoms. The molecule has 0 bridgehead atoms. The Kier molecular flexibility index (Phi) is 7.69. The highest BCUT2D eigenvalue weighted by Crippen LogP contribution is 2.29. The second-order valence-corrected chi connectivity index (χ2v) is 6.85. The normalized spacial score (nSPS) is 12.1. The maximum Gasteiger partial charge on any atom is 0.416 e. The summed E-state index contributed by atoms with van der Waals surface area (Å²) in [7, 11) is 0. The number of nitrogens with one attached hydrogen (secondary N) is 2. The van der Waals surface area contributed by atoms with Gasteiger partial charge in [-0.05, 0) is 49.4 Å². The fourth-order valence-corrected chi connectivity index (χ4v) is 2.52. The van der Waals surface area contributed by atoms with Crippen LogP contribution in [0.15, 0.2) is 42.5 Å². The zero-order chi connectivity index (χ0) is 22.5. The van der Waals surface area contributed by atoms with E-state index in [1.54, 1.807) is 0 Å². The molecule has 160 valence electrons. The van der Waals surface area contributed by atoms with Gasteiger partial charge in [-0.1, -0.05) is 23.2 Å². The number of hydrogen-bond donors (Lipinski definition) is 2. The fourth-order valence-electron chi connectivity index (χ4n) is 2.19. The van der Waals surface area contributed by atoms with Crippen LogP contribution in [0.4, 0.5) is 18.9 Å². The zero-order valence-electron chi connectivity index (χ0n) is 15.3. The Labute approximate surface area is 179 Å². The van der Waals surface area contributed by atoms with Crippen LogP contribution < -0.4 is 10.6 Å². The lowest BCUT2D eigenvalue weighted by Gasteiger charge is -2.15. The SMILES string of the molecule is CC(OC(=O)CNC(=O)c1ccc(C(F)(F)F)cc1)C(=O)Nc1cc(Cl)ccc1Cl. The van der Waals surface area contributed by atoms with Crippen LogP contribution in [0.25, 0.3) is 0 Å². The van der Waals surface area contributed by atoms with Crippen molar-refractivity contribution < 1.29 is 32.3 Å². The van der Waals surface area contributed by atoms with Crippen LogP contribution in [-0.2, 0) is 20.5 Å². The lowest BCUT2D eigenvalue weighted by Crippen LogP contribution is -2.35. The summed E-state index contributed by atoms with van der Waals surface area (Å²) in [6.07, 6.45) is -5.74. The van der Waals surface area contributed by atoms with Crippen LogP contribution >= 0.6 is 23.2 Å². The largest absolute Gasteiger partial charge is 0.451 e. The number of halogens is 5. The molecule has 6 nitrogen and oxygen atoms in total. The second-order valence-electron chi connectivity index (χ2n) is 6.00. The van der Waals surface area contributed by atoms with Crippen LogP contribution in [0.3, 0.4) is 0 Å². The summed E-state index contributed by atoms with van der Waals surface area (Å²) in [5.74, 6) is -2.37. The Bertz CT molecular complexity index is 950. The van der Waals surface area contributed by atoms with E-state index in [9.17, 15) is 27.6 Å². The Morgan fingerprint density at radius 2 is 1.70 bits per heavy atom. The Morgan fingerprint density at radius 1 is 1.07 bits per heavy atom. The summed E-state index contributed by atoms with van der Waals surface area (Å²) in [6, 6.07) is 7.89. The highest BCUT2D eigenvalue weighted by Gasteiger charge is 2.30. The third kappa shape index (κ3) is 6.64. The van der Waals surface area contributed by atoms with Gasteiger partial charge < -0.3 is 15.4 Å². The summed E-state index contributed by atoms with van der Waals surface area (Å²) in [5.41, 5.74) is -0.747. The zero-order valence-corrected chi connectivity index (χ0v) is 16.9. The van der Waals surface area contributed by atoms with Gasteiger partial charge in [0.15, 0.2) is 6.10 Å². The Morgan fingerprint density at radius 3 is 2.30 bits per heavy atom. The van der Waals surface area contributed by atoms with Crippen molar-refractivity contribution in [1.29, 1.82) is 0 Å². The molecule has 2 rings (SSSR count). The van der Waals surface area contributed by atoms with E-state index in [-0.39, 0.29) is 16.3 Å². The van der Waals surface area contributed by atoms with Crippen molar-refractivity contribution >= 4 is 46.7 Å². The average molecular weight is 463 g/mol. The van der Waals surface area contributed by atoms with Gasteiger partial charge in [0.1, 0.15) is 6.54 Å². The van der Waals surface area contributed by atoms with E-state index in [4.69, 9.17) is 27.9 Å². The van der Waals surface area contributed by atoms with Gasteiger partial charge >= 0.3 is 12.1 Å². The summed E-state index contributed by atoms with van der Waals surface area (Å²) in [5, 5.41) is 5.22. The molecule has 0 aliphatic rings. The maximum absolute atomic E-state index is 12.5. The van der Waals surface area contributed by atoms with E-state index in [1.165, 1.54) is 25.1 Å². The molecule has 0 fully saturated rings. The molecule has 0 spiro atoms. The molecular formula is C19H15Cl2F3N2O4. The minimum Gasteiger partial charge on any atom is -0.451 e. The predicted molar refractivity (Wildman–Crippen MR) is 104 cm³/mol. The monoisotopic (exact) mass is 462 g/mol. The van der Waals surface area contributed by atoms with Crippen LogP contribution in [0.2, 0.25) is 10.0 Å². The molecular weight excluding hydrogens is 448 g/mol. The van der Waals surface area contributed by atoms with Gasteiger partial charge in [0.25, 0.3) is 11.8 Å². The molecule has 2 aromatic rings. The number of ether oxygens (including phenoxy) is 1. The van der Waals surface area contributed by atoms with E-state index in [2.05, 4.69) is 10.6 Å². The van der Waals surface area contributed by atoms with Crippen molar-refractivity contribution in [3.05, 3.63) is 63.6 Å². The summed E-state index contributed by atoms with van der Waals surface area (Å²) >= 11 is 11.8. The second kappa shape index (κ2) is 9.82. The molecule has 0 heterocycles. The van der Waals surface area contributed by atoms with Gasteiger partial charge in [0.2, 0.25) is 0 Å². The van der Waals surface area contributed by atoms with E-state index in [1.807, 2.05) is 0 Å². The highest BCUT2D eigenvalue weighted by molar-refractivity contribution is 6.35. The number of carbonyl (C=O) groups is 3. The Hall–Kier alpha value is -2.78. The van der Waals surface area contributed by atoms with Crippen LogP contribution in [0, 0.1) is 0 Å². The standard InChI is InChI=1S/C19H15Cl2F3N2O4/c1-10(17(28)26-15-8-13(20)6-7-14(15)21)30-16(27)9-25-18(29)11-2-4-12(5-3-11)19(22,23)24/h2-8,10H,9H2,1H3,(H,25,29)(H,26,28). The van der Waals surface area contributed by atoms with Crippen molar-refractivity contribution in [2.24, 2.45) is 0 Å².